The molecule has 0 bridgehead atoms. The smallest absolute Gasteiger partial charge is 0.141 e. The topological polar surface area (TPSA) is 89.8 Å². The van der Waals surface area contributed by atoms with E-state index in [-0.39, 0.29) is 0 Å². The van der Waals surface area contributed by atoms with E-state index in [4.69, 9.17) is 11.6 Å². The van der Waals surface area contributed by atoms with Crippen LogP contribution in [0.5, 0.6) is 0 Å². The number of pyridine rings is 2. The molecule has 0 aromatic carbocycles. The van der Waals surface area contributed by atoms with Gasteiger partial charge in [-0.25, -0.2) is 14.8 Å². The van der Waals surface area contributed by atoms with Crippen LogP contribution in [0.2, 0.25) is 0 Å². The van der Waals surface area contributed by atoms with E-state index in [9.17, 15) is 4.39 Å². The van der Waals surface area contributed by atoms with Crippen LogP contribution in [-0.4, -0.2) is 9.97 Å². The van der Waals surface area contributed by atoms with Crippen LogP contribution in [0, 0.1) is 12.7 Å². The minimum Gasteiger partial charge on any atom is -0.383 e. The third-order valence-electron chi connectivity index (χ3n) is 2.61. The molecule has 18 heavy (non-hydrogen) atoms. The number of hydrazine groups is 1. The lowest BCUT2D eigenvalue weighted by Gasteiger charge is -2.17. The van der Waals surface area contributed by atoms with Crippen LogP contribution in [0.25, 0.3) is 0 Å². The van der Waals surface area contributed by atoms with Crippen molar-refractivity contribution in [2.45, 2.75) is 13.0 Å². The molecule has 0 saturated carbocycles. The SMILES string of the molecule is Cc1cnc(N)c(C(NN)c2ccc(F)cn2)c1. The fourth-order valence-corrected chi connectivity index (χ4v) is 1.73. The van der Waals surface area contributed by atoms with Crippen molar-refractivity contribution in [3.05, 3.63) is 53.2 Å². The number of nitrogens with two attached hydrogens (primary N) is 2. The zero-order valence-electron chi connectivity index (χ0n) is 9.89. The molecule has 0 amide bonds. The number of rotatable bonds is 3. The van der Waals surface area contributed by atoms with E-state index in [2.05, 4.69) is 15.4 Å². The first-order valence-electron chi connectivity index (χ1n) is 5.41. The van der Waals surface area contributed by atoms with Gasteiger partial charge in [-0.1, -0.05) is 0 Å². The Balaban J connectivity index is 2.44. The van der Waals surface area contributed by atoms with Crippen LogP contribution in [0.1, 0.15) is 22.9 Å². The van der Waals surface area contributed by atoms with Gasteiger partial charge < -0.3 is 5.73 Å². The predicted molar refractivity (Wildman–Crippen MR) is 66.7 cm³/mol. The molecule has 0 aliphatic heterocycles. The number of halogens is 1. The molecule has 0 fully saturated rings. The molecule has 0 radical (unpaired) electrons. The highest BCUT2D eigenvalue weighted by Crippen LogP contribution is 2.24. The quantitative estimate of drug-likeness (QED) is 0.557. The summed E-state index contributed by atoms with van der Waals surface area (Å²) in [5.74, 6) is 5.50. The van der Waals surface area contributed by atoms with E-state index in [1.54, 1.807) is 12.3 Å². The number of nitrogens with one attached hydrogen (secondary N) is 1. The molecule has 94 valence electrons. The molecule has 2 aromatic heterocycles. The van der Waals surface area contributed by atoms with Crippen molar-refractivity contribution < 1.29 is 4.39 Å². The molecule has 5 N–H and O–H groups in total. The standard InChI is InChI=1S/C12H14FN5/c1-7-4-9(12(14)17-5-7)11(18-15)10-3-2-8(13)6-16-10/h2-6,11,18H,15H2,1H3,(H2,14,17). The summed E-state index contributed by atoms with van der Waals surface area (Å²) in [6.45, 7) is 1.90. The fraction of sp³-hybridized carbons (Fsp3) is 0.167. The number of anilines is 1. The Labute approximate surface area is 104 Å². The number of nitrogens with zero attached hydrogens (tertiary/aromatic N) is 2. The summed E-state index contributed by atoms with van der Waals surface area (Å²) in [4.78, 5) is 8.07. The Hall–Kier alpha value is -2.05. The summed E-state index contributed by atoms with van der Waals surface area (Å²) in [6, 6.07) is 4.34. The average Bonchev–Trinajstić information content (AvgIpc) is 2.37. The van der Waals surface area contributed by atoms with Gasteiger partial charge in [0.1, 0.15) is 11.6 Å². The van der Waals surface area contributed by atoms with Gasteiger partial charge in [0.2, 0.25) is 0 Å². The first-order valence-corrected chi connectivity index (χ1v) is 5.41. The van der Waals surface area contributed by atoms with Crippen LogP contribution in [0.3, 0.4) is 0 Å². The molecule has 1 unspecified atom stereocenters. The predicted octanol–water partition coefficient (Wildman–Crippen LogP) is 1.06. The molecule has 6 heteroatoms. The summed E-state index contributed by atoms with van der Waals surface area (Å²) in [7, 11) is 0. The largest absolute Gasteiger partial charge is 0.383 e. The first-order chi connectivity index (χ1) is 8.61. The Morgan fingerprint density at radius 2 is 2.06 bits per heavy atom. The highest BCUT2D eigenvalue weighted by molar-refractivity contribution is 5.45. The first kappa shape index (κ1) is 12.4. The lowest BCUT2D eigenvalue weighted by atomic mass is 10.0. The number of hydrogen-bond donors (Lipinski definition) is 3. The number of aromatic nitrogens is 2. The van der Waals surface area contributed by atoms with E-state index in [1.807, 2.05) is 13.0 Å². The molecule has 2 aromatic rings. The van der Waals surface area contributed by atoms with Crippen LogP contribution in [0.4, 0.5) is 10.2 Å². The monoisotopic (exact) mass is 247 g/mol. The second kappa shape index (κ2) is 5.07. The highest BCUT2D eigenvalue weighted by atomic mass is 19.1. The number of aryl methyl sites for hydroxylation is 1. The molecule has 5 nitrogen and oxygen atoms in total. The molecule has 0 spiro atoms. The van der Waals surface area contributed by atoms with Crippen LogP contribution >= 0.6 is 0 Å². The van der Waals surface area contributed by atoms with E-state index < -0.39 is 11.9 Å². The van der Waals surface area contributed by atoms with Gasteiger partial charge in [0.25, 0.3) is 0 Å². The Morgan fingerprint density at radius 1 is 1.28 bits per heavy atom. The number of hydrogen-bond acceptors (Lipinski definition) is 5. The average molecular weight is 247 g/mol. The lowest BCUT2D eigenvalue weighted by molar-refractivity contribution is 0.596. The molecule has 0 saturated heterocycles. The third kappa shape index (κ3) is 2.44. The molecule has 1 atom stereocenters. The van der Waals surface area contributed by atoms with Gasteiger partial charge in [0, 0.05) is 11.8 Å². The van der Waals surface area contributed by atoms with Gasteiger partial charge in [0.05, 0.1) is 17.9 Å². The summed E-state index contributed by atoms with van der Waals surface area (Å²) in [5, 5.41) is 0. The van der Waals surface area contributed by atoms with Crippen molar-refractivity contribution in [3.8, 4) is 0 Å². The van der Waals surface area contributed by atoms with Gasteiger partial charge >= 0.3 is 0 Å². The second-order valence-corrected chi connectivity index (χ2v) is 3.99. The second-order valence-electron chi connectivity index (χ2n) is 3.99. The van der Waals surface area contributed by atoms with Crippen LogP contribution in [0.15, 0.2) is 30.6 Å². The molecular weight excluding hydrogens is 233 g/mol. The zero-order valence-corrected chi connectivity index (χ0v) is 9.89. The Morgan fingerprint density at radius 3 is 2.67 bits per heavy atom. The summed E-state index contributed by atoms with van der Waals surface area (Å²) >= 11 is 0. The van der Waals surface area contributed by atoms with Crippen LogP contribution < -0.4 is 17.0 Å². The maximum absolute atomic E-state index is 12.8. The zero-order chi connectivity index (χ0) is 13.1. The lowest BCUT2D eigenvalue weighted by Crippen LogP contribution is -2.30. The van der Waals surface area contributed by atoms with E-state index in [0.717, 1.165) is 17.3 Å². The van der Waals surface area contributed by atoms with Crippen molar-refractivity contribution in [2.75, 3.05) is 5.73 Å². The van der Waals surface area contributed by atoms with Crippen molar-refractivity contribution in [3.63, 3.8) is 0 Å². The minimum absolute atomic E-state index is 0.370. The molecule has 0 aliphatic carbocycles. The third-order valence-corrected chi connectivity index (χ3v) is 2.61. The van der Waals surface area contributed by atoms with Crippen molar-refractivity contribution in [1.29, 1.82) is 0 Å². The van der Waals surface area contributed by atoms with Crippen LogP contribution in [-0.2, 0) is 0 Å². The minimum atomic E-state index is -0.419. The molecule has 2 rings (SSSR count). The molecular formula is C12H14FN5. The summed E-state index contributed by atoms with van der Waals surface area (Å²) in [6.07, 6.45) is 2.81. The van der Waals surface area contributed by atoms with Gasteiger partial charge in [-0.15, -0.1) is 0 Å². The van der Waals surface area contributed by atoms with Gasteiger partial charge in [-0.2, -0.15) is 0 Å². The van der Waals surface area contributed by atoms with E-state index in [0.29, 0.717) is 11.5 Å². The molecule has 2 heterocycles. The maximum atomic E-state index is 12.8. The van der Waals surface area contributed by atoms with E-state index >= 15 is 0 Å². The van der Waals surface area contributed by atoms with Gasteiger partial charge in [-0.05, 0) is 30.7 Å². The normalized spacial score (nSPS) is 12.4. The highest BCUT2D eigenvalue weighted by Gasteiger charge is 2.17. The molecule has 0 aliphatic rings. The van der Waals surface area contributed by atoms with E-state index in [1.165, 1.54) is 6.07 Å². The van der Waals surface area contributed by atoms with Crippen molar-refractivity contribution in [2.24, 2.45) is 5.84 Å². The Bertz CT molecular complexity index is 541. The van der Waals surface area contributed by atoms with Crippen molar-refractivity contribution >= 4 is 5.82 Å². The maximum Gasteiger partial charge on any atom is 0.141 e. The number of nitrogen functional groups attached to an aromatic ring is 1. The van der Waals surface area contributed by atoms with Gasteiger partial charge in [0.15, 0.2) is 0 Å². The fourth-order valence-electron chi connectivity index (χ4n) is 1.73. The Kier molecular flexibility index (Phi) is 3.50. The summed E-state index contributed by atoms with van der Waals surface area (Å²) in [5.41, 5.74) is 10.7. The van der Waals surface area contributed by atoms with Crippen molar-refractivity contribution in [1.82, 2.24) is 15.4 Å². The summed E-state index contributed by atoms with van der Waals surface area (Å²) < 4.78 is 12.8. The van der Waals surface area contributed by atoms with Gasteiger partial charge in [-0.3, -0.25) is 10.8 Å².